The van der Waals surface area contributed by atoms with Crippen LogP contribution in [0.5, 0.6) is 11.5 Å². The molecule has 0 bridgehead atoms. The molecule has 1 atom stereocenters. The summed E-state index contributed by atoms with van der Waals surface area (Å²) in [5.74, 6) is 1.45. The molecular formula is C21H26ClN2O3+. The molecule has 1 amide bonds. The number of anilines is 1. The zero-order chi connectivity index (χ0) is 19.6. The molecule has 27 heavy (non-hydrogen) atoms. The monoisotopic (exact) mass is 389 g/mol. The van der Waals surface area contributed by atoms with Gasteiger partial charge in [-0.2, -0.15) is 0 Å². The molecular weight excluding hydrogens is 364 g/mol. The van der Waals surface area contributed by atoms with Crippen LogP contribution in [-0.4, -0.2) is 33.2 Å². The molecule has 0 aliphatic carbocycles. The van der Waals surface area contributed by atoms with E-state index in [1.807, 2.05) is 38.1 Å². The molecule has 2 N–H and O–H groups in total. The standard InChI is InChI=1S/C21H25ClN2O3/c1-13-7-14(2)21(17(22)8-13)23-20(25)12-24-6-5-15-9-18(26-3)19(27-4)10-16(15)11-24/h7-10H,5-6,11-12H2,1-4H3,(H,23,25)/p+1. The normalized spacial score (nSPS) is 15.8. The van der Waals surface area contributed by atoms with Crippen LogP contribution >= 0.6 is 11.6 Å². The van der Waals surface area contributed by atoms with E-state index < -0.39 is 0 Å². The summed E-state index contributed by atoms with van der Waals surface area (Å²) < 4.78 is 10.8. The highest BCUT2D eigenvalue weighted by atomic mass is 35.5. The Kier molecular flexibility index (Phi) is 5.92. The van der Waals surface area contributed by atoms with Gasteiger partial charge in [0.15, 0.2) is 18.0 Å². The first-order valence-electron chi connectivity index (χ1n) is 9.05. The summed E-state index contributed by atoms with van der Waals surface area (Å²) in [5.41, 5.74) is 5.22. The molecule has 0 fully saturated rings. The van der Waals surface area contributed by atoms with Gasteiger partial charge < -0.3 is 19.7 Å². The molecule has 0 saturated heterocycles. The number of carbonyl (C=O) groups is 1. The van der Waals surface area contributed by atoms with E-state index in [0.29, 0.717) is 17.3 Å². The van der Waals surface area contributed by atoms with E-state index in [2.05, 4.69) is 5.32 Å². The van der Waals surface area contributed by atoms with Gasteiger partial charge in [-0.15, -0.1) is 0 Å². The number of benzene rings is 2. The fourth-order valence-electron chi connectivity index (χ4n) is 3.67. The molecule has 6 heteroatoms. The highest BCUT2D eigenvalue weighted by molar-refractivity contribution is 6.34. The Bertz CT molecular complexity index is 844. The lowest BCUT2D eigenvalue weighted by molar-refractivity contribution is -0.907. The summed E-state index contributed by atoms with van der Waals surface area (Å²) in [5, 5.41) is 3.56. The van der Waals surface area contributed by atoms with Gasteiger partial charge in [-0.25, -0.2) is 0 Å². The topological polar surface area (TPSA) is 52.0 Å². The van der Waals surface area contributed by atoms with Gasteiger partial charge in [0.1, 0.15) is 6.54 Å². The smallest absolute Gasteiger partial charge is 0.279 e. The van der Waals surface area contributed by atoms with Gasteiger partial charge in [-0.05, 0) is 48.7 Å². The van der Waals surface area contributed by atoms with E-state index in [1.54, 1.807) is 14.2 Å². The predicted molar refractivity (Wildman–Crippen MR) is 107 cm³/mol. The van der Waals surface area contributed by atoms with Gasteiger partial charge in [0.25, 0.3) is 5.91 Å². The average molecular weight is 390 g/mol. The van der Waals surface area contributed by atoms with Crippen molar-refractivity contribution in [3.63, 3.8) is 0 Å². The van der Waals surface area contributed by atoms with E-state index in [0.717, 1.165) is 42.1 Å². The van der Waals surface area contributed by atoms with Crippen molar-refractivity contribution >= 4 is 23.2 Å². The minimum atomic E-state index is -0.0252. The second-order valence-electron chi connectivity index (χ2n) is 7.07. The number of halogens is 1. The van der Waals surface area contributed by atoms with Crippen LogP contribution in [0.4, 0.5) is 5.69 Å². The zero-order valence-electron chi connectivity index (χ0n) is 16.2. The molecule has 2 aromatic carbocycles. The van der Waals surface area contributed by atoms with Crippen molar-refractivity contribution in [3.05, 3.63) is 51.5 Å². The number of quaternary nitrogens is 1. The van der Waals surface area contributed by atoms with Gasteiger partial charge in [-0.1, -0.05) is 17.7 Å². The molecule has 1 heterocycles. The second-order valence-corrected chi connectivity index (χ2v) is 7.47. The molecule has 0 saturated carbocycles. The zero-order valence-corrected chi connectivity index (χ0v) is 17.0. The largest absolute Gasteiger partial charge is 0.493 e. The van der Waals surface area contributed by atoms with E-state index in [9.17, 15) is 4.79 Å². The fraction of sp³-hybridized carbons (Fsp3) is 0.381. The van der Waals surface area contributed by atoms with E-state index in [4.69, 9.17) is 21.1 Å². The molecule has 3 rings (SSSR count). The minimum absolute atomic E-state index is 0.0252. The summed E-state index contributed by atoms with van der Waals surface area (Å²) >= 11 is 6.30. The Hall–Kier alpha value is -2.24. The van der Waals surface area contributed by atoms with Crippen LogP contribution in [0.25, 0.3) is 0 Å². The first-order valence-corrected chi connectivity index (χ1v) is 9.43. The Morgan fingerprint density at radius 3 is 2.41 bits per heavy atom. The highest BCUT2D eigenvalue weighted by Gasteiger charge is 2.24. The Morgan fingerprint density at radius 2 is 1.78 bits per heavy atom. The number of fused-ring (bicyclic) bond motifs is 1. The number of aryl methyl sites for hydroxylation is 2. The molecule has 1 unspecified atom stereocenters. The highest BCUT2D eigenvalue weighted by Crippen LogP contribution is 2.31. The van der Waals surface area contributed by atoms with Gasteiger partial charge in [0.05, 0.1) is 31.5 Å². The maximum Gasteiger partial charge on any atom is 0.279 e. The quantitative estimate of drug-likeness (QED) is 0.826. The summed E-state index contributed by atoms with van der Waals surface area (Å²) in [6, 6.07) is 7.95. The van der Waals surface area contributed by atoms with E-state index >= 15 is 0 Å². The summed E-state index contributed by atoms with van der Waals surface area (Å²) in [4.78, 5) is 13.8. The molecule has 5 nitrogen and oxygen atoms in total. The van der Waals surface area contributed by atoms with E-state index in [1.165, 1.54) is 16.0 Å². The maximum absolute atomic E-state index is 12.6. The van der Waals surface area contributed by atoms with Crippen LogP contribution < -0.4 is 19.7 Å². The van der Waals surface area contributed by atoms with E-state index in [-0.39, 0.29) is 5.91 Å². The molecule has 2 aromatic rings. The van der Waals surface area contributed by atoms with Gasteiger partial charge in [-0.3, -0.25) is 4.79 Å². The Morgan fingerprint density at radius 1 is 1.11 bits per heavy atom. The Balaban J connectivity index is 1.69. The summed E-state index contributed by atoms with van der Waals surface area (Å²) in [6.07, 6.45) is 0.905. The number of hydrogen-bond acceptors (Lipinski definition) is 3. The Labute approximate surface area is 165 Å². The predicted octanol–water partition coefficient (Wildman–Crippen LogP) is 2.55. The SMILES string of the molecule is COc1cc2c(cc1OC)C[NH+](CC(=O)Nc1c(C)cc(C)cc1Cl)CC2. The number of methoxy groups -OCH3 is 2. The number of amides is 1. The van der Waals surface area contributed by atoms with Gasteiger partial charge in [0.2, 0.25) is 0 Å². The summed E-state index contributed by atoms with van der Waals surface area (Å²) in [6.45, 7) is 6.03. The van der Waals surface area contributed by atoms with Crippen molar-refractivity contribution in [2.75, 3.05) is 32.6 Å². The van der Waals surface area contributed by atoms with Gasteiger partial charge >= 0.3 is 0 Å². The molecule has 0 aromatic heterocycles. The lowest BCUT2D eigenvalue weighted by Gasteiger charge is -2.26. The minimum Gasteiger partial charge on any atom is -0.493 e. The van der Waals surface area contributed by atoms with Crippen molar-refractivity contribution in [1.82, 2.24) is 0 Å². The lowest BCUT2D eigenvalue weighted by Crippen LogP contribution is -3.12. The lowest BCUT2D eigenvalue weighted by atomic mass is 9.99. The molecule has 0 radical (unpaired) electrons. The number of rotatable bonds is 5. The van der Waals surface area contributed by atoms with Crippen LogP contribution in [0.3, 0.4) is 0 Å². The van der Waals surface area contributed by atoms with Crippen LogP contribution in [0.1, 0.15) is 22.3 Å². The van der Waals surface area contributed by atoms with Crippen LogP contribution in [0.2, 0.25) is 5.02 Å². The number of carbonyl (C=O) groups excluding carboxylic acids is 1. The summed E-state index contributed by atoms with van der Waals surface area (Å²) in [7, 11) is 3.28. The molecule has 144 valence electrons. The van der Waals surface area contributed by atoms with Crippen molar-refractivity contribution < 1.29 is 19.2 Å². The number of nitrogens with one attached hydrogen (secondary N) is 2. The third-order valence-corrected chi connectivity index (χ3v) is 5.30. The average Bonchev–Trinajstić information content (AvgIpc) is 2.63. The second kappa shape index (κ2) is 8.19. The first-order chi connectivity index (χ1) is 12.9. The van der Waals surface area contributed by atoms with Crippen LogP contribution in [0, 0.1) is 13.8 Å². The van der Waals surface area contributed by atoms with Crippen molar-refractivity contribution in [3.8, 4) is 11.5 Å². The third kappa shape index (κ3) is 4.37. The molecule has 0 spiro atoms. The number of ether oxygens (including phenoxy) is 2. The van der Waals surface area contributed by atoms with Crippen molar-refractivity contribution in [1.29, 1.82) is 0 Å². The molecule has 1 aliphatic rings. The van der Waals surface area contributed by atoms with Crippen LogP contribution in [0.15, 0.2) is 24.3 Å². The van der Waals surface area contributed by atoms with Crippen molar-refractivity contribution in [2.24, 2.45) is 0 Å². The third-order valence-electron chi connectivity index (χ3n) is 5.00. The van der Waals surface area contributed by atoms with Gasteiger partial charge in [0, 0.05) is 12.0 Å². The van der Waals surface area contributed by atoms with Crippen LogP contribution in [-0.2, 0) is 17.8 Å². The maximum atomic E-state index is 12.6. The molecule has 1 aliphatic heterocycles. The number of hydrogen-bond donors (Lipinski definition) is 2. The van der Waals surface area contributed by atoms with Crippen molar-refractivity contribution in [2.45, 2.75) is 26.8 Å². The fourth-order valence-corrected chi connectivity index (χ4v) is 4.03. The first kappa shape index (κ1) is 19.5.